The van der Waals surface area contributed by atoms with Crippen LogP contribution in [0.3, 0.4) is 0 Å². The Bertz CT molecular complexity index is 374. The van der Waals surface area contributed by atoms with Crippen molar-refractivity contribution in [3.05, 3.63) is 0 Å². The molecule has 3 N–H and O–H groups in total. The van der Waals surface area contributed by atoms with E-state index in [0.29, 0.717) is 6.54 Å². The van der Waals surface area contributed by atoms with Gasteiger partial charge in [0.2, 0.25) is 0 Å². The summed E-state index contributed by atoms with van der Waals surface area (Å²) in [7, 11) is 0. The predicted octanol–water partition coefficient (Wildman–Crippen LogP) is 2.08. The van der Waals surface area contributed by atoms with Crippen LogP contribution in [-0.4, -0.2) is 41.5 Å². The van der Waals surface area contributed by atoms with Crippen molar-refractivity contribution in [3.8, 4) is 0 Å². The maximum absolute atomic E-state index is 12.0. The lowest BCUT2D eigenvalue weighted by atomic mass is 9.89. The van der Waals surface area contributed by atoms with Crippen molar-refractivity contribution in [3.63, 3.8) is 0 Å². The van der Waals surface area contributed by atoms with Crippen LogP contribution in [0.5, 0.6) is 0 Å². The first kappa shape index (κ1) is 15.1. The maximum atomic E-state index is 12.0. The Labute approximate surface area is 126 Å². The molecule has 0 aromatic heterocycles. The summed E-state index contributed by atoms with van der Waals surface area (Å²) >= 11 is 0. The Morgan fingerprint density at radius 1 is 1.14 bits per heavy atom. The molecule has 3 fully saturated rings. The Balaban J connectivity index is 1.44. The van der Waals surface area contributed by atoms with Gasteiger partial charge >= 0.3 is 6.03 Å². The van der Waals surface area contributed by atoms with Crippen LogP contribution in [0.1, 0.15) is 64.2 Å². The maximum Gasteiger partial charge on any atom is 0.315 e. The highest BCUT2D eigenvalue weighted by Gasteiger charge is 2.40. The highest BCUT2D eigenvalue weighted by molar-refractivity contribution is 5.74. The molecule has 120 valence electrons. The monoisotopic (exact) mass is 296 g/mol. The Hall–Kier alpha value is -0.810. The minimum Gasteiger partial charge on any atom is -0.388 e. The molecule has 0 radical (unpaired) electrons. The van der Waals surface area contributed by atoms with Crippen LogP contribution in [0.25, 0.3) is 0 Å². The van der Waals surface area contributed by atoms with Crippen molar-refractivity contribution < 1.29 is 14.6 Å². The zero-order valence-corrected chi connectivity index (χ0v) is 12.8. The summed E-state index contributed by atoms with van der Waals surface area (Å²) in [6, 6.07) is 0.0606. The second-order valence-electron chi connectivity index (χ2n) is 7.19. The first-order valence-corrected chi connectivity index (χ1v) is 8.50. The number of nitrogens with one attached hydrogen (secondary N) is 2. The largest absolute Gasteiger partial charge is 0.388 e. The van der Waals surface area contributed by atoms with Gasteiger partial charge in [-0.25, -0.2) is 4.79 Å². The topological polar surface area (TPSA) is 70.6 Å². The molecular weight excluding hydrogens is 268 g/mol. The van der Waals surface area contributed by atoms with E-state index in [1.807, 2.05) is 0 Å². The average Bonchev–Trinajstić information content (AvgIpc) is 3.08. The summed E-state index contributed by atoms with van der Waals surface area (Å²) in [6.07, 6.45) is 10.3. The van der Waals surface area contributed by atoms with E-state index in [1.165, 1.54) is 12.8 Å². The summed E-state index contributed by atoms with van der Waals surface area (Å²) in [5, 5.41) is 16.2. The van der Waals surface area contributed by atoms with Crippen molar-refractivity contribution in [2.45, 2.75) is 81.5 Å². The van der Waals surface area contributed by atoms with Crippen molar-refractivity contribution in [2.24, 2.45) is 0 Å². The van der Waals surface area contributed by atoms with Gasteiger partial charge < -0.3 is 20.5 Å². The van der Waals surface area contributed by atoms with Crippen LogP contribution in [0.2, 0.25) is 0 Å². The number of hydrogen-bond acceptors (Lipinski definition) is 3. The number of carbonyl (C=O) groups is 1. The van der Waals surface area contributed by atoms with E-state index in [-0.39, 0.29) is 17.7 Å². The normalized spacial score (nSPS) is 30.4. The zero-order chi connectivity index (χ0) is 14.8. The van der Waals surface area contributed by atoms with Gasteiger partial charge in [-0.1, -0.05) is 25.7 Å². The molecule has 3 rings (SSSR count). The minimum atomic E-state index is -0.681. The van der Waals surface area contributed by atoms with E-state index in [4.69, 9.17) is 4.74 Å². The molecule has 2 amide bonds. The predicted molar refractivity (Wildman–Crippen MR) is 80.1 cm³/mol. The second kappa shape index (κ2) is 6.13. The lowest BCUT2D eigenvalue weighted by Gasteiger charge is -2.38. The Kier molecular flexibility index (Phi) is 4.41. The van der Waals surface area contributed by atoms with Crippen LogP contribution >= 0.6 is 0 Å². The van der Waals surface area contributed by atoms with Crippen molar-refractivity contribution in [1.82, 2.24) is 10.6 Å². The minimum absolute atomic E-state index is 0.0276. The fraction of sp³-hybridized carbons (Fsp3) is 0.938. The van der Waals surface area contributed by atoms with Crippen LogP contribution in [-0.2, 0) is 4.74 Å². The molecule has 0 aromatic carbocycles. The molecular formula is C16H28N2O3. The van der Waals surface area contributed by atoms with E-state index < -0.39 is 5.60 Å². The number of ether oxygens (including phenoxy) is 1. The third kappa shape index (κ3) is 3.69. The summed E-state index contributed by atoms with van der Waals surface area (Å²) in [6.45, 7) is 1.11. The molecule has 1 saturated heterocycles. The van der Waals surface area contributed by atoms with Gasteiger partial charge in [-0.3, -0.25) is 0 Å². The molecule has 0 aromatic rings. The highest BCUT2D eigenvalue weighted by atomic mass is 16.5. The molecule has 0 bridgehead atoms. The molecule has 5 heteroatoms. The summed E-state index contributed by atoms with van der Waals surface area (Å²) in [4.78, 5) is 12.0. The molecule has 1 aliphatic heterocycles. The van der Waals surface area contributed by atoms with Gasteiger partial charge in [-0.2, -0.15) is 0 Å². The smallest absolute Gasteiger partial charge is 0.315 e. The third-order valence-corrected chi connectivity index (χ3v) is 5.46. The molecule has 1 atom stereocenters. The first-order valence-electron chi connectivity index (χ1n) is 8.50. The fourth-order valence-corrected chi connectivity index (χ4v) is 4.21. The molecule has 21 heavy (non-hydrogen) atoms. The van der Waals surface area contributed by atoms with Gasteiger partial charge in [0.25, 0.3) is 0 Å². The van der Waals surface area contributed by atoms with Crippen LogP contribution < -0.4 is 10.6 Å². The van der Waals surface area contributed by atoms with Crippen molar-refractivity contribution in [1.29, 1.82) is 0 Å². The van der Waals surface area contributed by atoms with Crippen molar-refractivity contribution >= 4 is 6.03 Å². The third-order valence-electron chi connectivity index (χ3n) is 5.46. The standard InChI is InChI=1S/C16H28N2O3/c19-14(17-12-15(20)6-1-2-7-15)18-13-5-10-21-16(11-13)8-3-4-9-16/h13,20H,1-12H2,(H2,17,18,19). The number of hydrogen-bond donors (Lipinski definition) is 3. The molecule has 3 aliphatic rings. The molecule has 1 unspecified atom stereocenters. The summed E-state index contributed by atoms with van der Waals surface area (Å²) in [5.74, 6) is 0. The zero-order valence-electron chi connectivity index (χ0n) is 12.8. The van der Waals surface area contributed by atoms with E-state index in [9.17, 15) is 9.90 Å². The SMILES string of the molecule is O=C(NCC1(O)CCCC1)NC1CCOC2(CCCC2)C1. The van der Waals surface area contributed by atoms with E-state index >= 15 is 0 Å². The molecule has 5 nitrogen and oxygen atoms in total. The van der Waals surface area contributed by atoms with Crippen LogP contribution in [0.15, 0.2) is 0 Å². The molecule has 2 aliphatic carbocycles. The van der Waals surface area contributed by atoms with Crippen LogP contribution in [0.4, 0.5) is 4.79 Å². The van der Waals surface area contributed by atoms with E-state index in [2.05, 4.69) is 10.6 Å². The van der Waals surface area contributed by atoms with Gasteiger partial charge in [-0.05, 0) is 38.5 Å². The van der Waals surface area contributed by atoms with Gasteiger partial charge in [0.05, 0.1) is 11.2 Å². The van der Waals surface area contributed by atoms with Gasteiger partial charge in [0.1, 0.15) is 0 Å². The quantitative estimate of drug-likeness (QED) is 0.747. The number of carbonyl (C=O) groups excluding carboxylic acids is 1. The van der Waals surface area contributed by atoms with E-state index in [1.54, 1.807) is 0 Å². The van der Waals surface area contributed by atoms with Gasteiger partial charge in [-0.15, -0.1) is 0 Å². The summed E-state index contributed by atoms with van der Waals surface area (Å²) in [5.41, 5.74) is -0.653. The summed E-state index contributed by atoms with van der Waals surface area (Å²) < 4.78 is 5.98. The Morgan fingerprint density at radius 3 is 2.52 bits per heavy atom. The van der Waals surface area contributed by atoms with Gasteiger partial charge in [0.15, 0.2) is 0 Å². The average molecular weight is 296 g/mol. The second-order valence-corrected chi connectivity index (χ2v) is 7.19. The highest BCUT2D eigenvalue weighted by Crippen LogP contribution is 2.39. The van der Waals surface area contributed by atoms with E-state index in [0.717, 1.165) is 58.0 Å². The molecule has 1 heterocycles. The van der Waals surface area contributed by atoms with Gasteiger partial charge in [0, 0.05) is 19.2 Å². The first-order chi connectivity index (χ1) is 10.1. The molecule has 1 spiro atoms. The number of aliphatic hydroxyl groups is 1. The number of rotatable bonds is 3. The molecule has 2 saturated carbocycles. The lowest BCUT2D eigenvalue weighted by Crippen LogP contribution is -2.52. The number of amides is 2. The number of urea groups is 1. The Morgan fingerprint density at radius 2 is 1.81 bits per heavy atom. The fourth-order valence-electron chi connectivity index (χ4n) is 4.21. The van der Waals surface area contributed by atoms with Crippen molar-refractivity contribution in [2.75, 3.05) is 13.2 Å². The van der Waals surface area contributed by atoms with Crippen LogP contribution in [0, 0.1) is 0 Å². The lowest BCUT2D eigenvalue weighted by molar-refractivity contribution is -0.0820.